The second-order valence-electron chi connectivity index (χ2n) is 6.65. The quantitative estimate of drug-likeness (QED) is 0.641. The third-order valence-corrected chi connectivity index (χ3v) is 8.39. The van der Waals surface area contributed by atoms with Crippen LogP contribution in [-0.2, 0) is 21.2 Å². The van der Waals surface area contributed by atoms with E-state index in [-0.39, 0.29) is 16.7 Å². The molecule has 3 heterocycles. The van der Waals surface area contributed by atoms with Gasteiger partial charge in [0, 0.05) is 41.2 Å². The largest absolute Gasteiger partial charge is 0.348 e. The number of H-pyrrole nitrogens is 1. The number of aromatic amines is 1. The van der Waals surface area contributed by atoms with Crippen LogP contribution in [0, 0.1) is 0 Å². The number of aromatic nitrogens is 2. The van der Waals surface area contributed by atoms with E-state index in [9.17, 15) is 13.2 Å². The van der Waals surface area contributed by atoms with Crippen LogP contribution in [0.5, 0.6) is 0 Å². The molecule has 2 aromatic heterocycles. The van der Waals surface area contributed by atoms with Crippen molar-refractivity contribution >= 4 is 49.0 Å². The van der Waals surface area contributed by atoms with Gasteiger partial charge in [0.1, 0.15) is 4.21 Å². The maximum absolute atomic E-state index is 13.0. The third-order valence-electron chi connectivity index (χ3n) is 4.77. The molecule has 1 fully saturated rings. The monoisotopic (exact) mass is 438 g/mol. The van der Waals surface area contributed by atoms with Gasteiger partial charge in [0.15, 0.2) is 0 Å². The summed E-state index contributed by atoms with van der Waals surface area (Å²) >= 11 is 7.17. The molecule has 7 nitrogen and oxygen atoms in total. The van der Waals surface area contributed by atoms with Crippen LogP contribution < -0.4 is 0 Å². The molecule has 1 aromatic carbocycles. The number of sulfonamides is 1. The number of nitrogens with one attached hydrogen (secondary N) is 1. The highest BCUT2D eigenvalue weighted by Gasteiger charge is 2.33. The molecule has 4 rings (SSSR count). The lowest BCUT2D eigenvalue weighted by Gasteiger charge is -2.33. The minimum Gasteiger partial charge on any atom is -0.348 e. The Morgan fingerprint density at radius 2 is 2.11 bits per heavy atom. The molecule has 0 bridgehead atoms. The van der Waals surface area contributed by atoms with E-state index in [1.54, 1.807) is 41.7 Å². The minimum absolute atomic E-state index is 0.124. The normalized spacial score (nSPS) is 16.2. The van der Waals surface area contributed by atoms with E-state index in [0.717, 1.165) is 28.6 Å². The Morgan fingerprint density at radius 3 is 2.86 bits per heavy atom. The van der Waals surface area contributed by atoms with Crippen molar-refractivity contribution in [3.63, 3.8) is 0 Å². The van der Waals surface area contributed by atoms with E-state index in [2.05, 4.69) is 9.97 Å². The van der Waals surface area contributed by atoms with Crippen molar-refractivity contribution < 1.29 is 13.2 Å². The number of aryl methyl sites for hydroxylation is 1. The Hall–Kier alpha value is -1.94. The zero-order valence-corrected chi connectivity index (χ0v) is 17.4. The number of hydrogen-bond acceptors (Lipinski definition) is 5. The zero-order valence-electron chi connectivity index (χ0n) is 15.0. The van der Waals surface area contributed by atoms with E-state index in [1.807, 2.05) is 0 Å². The molecule has 28 heavy (non-hydrogen) atoms. The van der Waals surface area contributed by atoms with Crippen molar-refractivity contribution in [2.75, 3.05) is 26.2 Å². The number of imidazole rings is 1. The van der Waals surface area contributed by atoms with Crippen molar-refractivity contribution in [3.8, 4) is 0 Å². The summed E-state index contributed by atoms with van der Waals surface area (Å²) < 4.78 is 28.3. The van der Waals surface area contributed by atoms with Crippen LogP contribution in [0.25, 0.3) is 10.1 Å². The summed E-state index contributed by atoms with van der Waals surface area (Å²) in [6.07, 6.45) is 5.00. The molecular weight excluding hydrogens is 420 g/mol. The van der Waals surface area contributed by atoms with Crippen molar-refractivity contribution in [2.45, 2.75) is 17.1 Å². The number of thiophene rings is 1. The number of benzene rings is 1. The summed E-state index contributed by atoms with van der Waals surface area (Å²) in [4.78, 5) is 21.2. The van der Waals surface area contributed by atoms with Gasteiger partial charge >= 0.3 is 0 Å². The second-order valence-corrected chi connectivity index (χ2v) is 10.3. The number of amides is 1. The predicted octanol–water partition coefficient (Wildman–Crippen LogP) is 2.74. The first kappa shape index (κ1) is 19.4. The van der Waals surface area contributed by atoms with Gasteiger partial charge in [-0.25, -0.2) is 13.4 Å². The molecule has 0 saturated carbocycles. The molecule has 1 aliphatic heterocycles. The predicted molar refractivity (Wildman–Crippen MR) is 109 cm³/mol. The summed E-state index contributed by atoms with van der Waals surface area (Å²) in [6, 6.07) is 6.94. The van der Waals surface area contributed by atoms with Crippen molar-refractivity contribution in [1.29, 1.82) is 0 Å². The van der Waals surface area contributed by atoms with Gasteiger partial charge < -0.3 is 9.88 Å². The summed E-state index contributed by atoms with van der Waals surface area (Å²) in [6.45, 7) is 1.18. The Kier molecular flexibility index (Phi) is 5.42. The Balaban J connectivity index is 1.41. The number of piperazine rings is 1. The summed E-state index contributed by atoms with van der Waals surface area (Å²) in [7, 11) is -3.70. The second kappa shape index (κ2) is 7.82. The number of nitrogens with zero attached hydrogens (tertiary/aromatic N) is 3. The van der Waals surface area contributed by atoms with Crippen LogP contribution in [0.15, 0.2) is 41.0 Å². The maximum Gasteiger partial charge on any atom is 0.253 e. The number of rotatable bonds is 6. The topological polar surface area (TPSA) is 86.4 Å². The molecule has 0 radical (unpaired) electrons. The molecule has 1 N–H and O–H groups in total. The van der Waals surface area contributed by atoms with E-state index in [0.29, 0.717) is 24.7 Å². The molecule has 1 aliphatic rings. The molecule has 0 spiro atoms. The average Bonchev–Trinajstić information content (AvgIpc) is 3.32. The number of carbonyl (C=O) groups is 1. The SMILES string of the molecule is O=C1CN(S(=O)(=O)c2cc3ccc(Cl)cc3s2)CCN1CCCc1cnc[nH]1. The first-order valence-corrected chi connectivity index (χ1v) is 11.5. The minimum atomic E-state index is -3.70. The maximum atomic E-state index is 13.0. The smallest absolute Gasteiger partial charge is 0.253 e. The first-order valence-electron chi connectivity index (χ1n) is 8.88. The number of fused-ring (bicyclic) bond motifs is 1. The average molecular weight is 439 g/mol. The Bertz CT molecular complexity index is 1100. The molecule has 1 amide bonds. The number of hydrogen-bond donors (Lipinski definition) is 1. The van der Waals surface area contributed by atoms with Crippen LogP contribution in [0.4, 0.5) is 0 Å². The van der Waals surface area contributed by atoms with Gasteiger partial charge in [-0.05, 0) is 36.4 Å². The third kappa shape index (κ3) is 3.93. The van der Waals surface area contributed by atoms with Crippen LogP contribution in [0.1, 0.15) is 12.1 Å². The summed E-state index contributed by atoms with van der Waals surface area (Å²) in [5.74, 6) is -0.163. The van der Waals surface area contributed by atoms with E-state index in [1.165, 1.54) is 15.6 Å². The fraction of sp³-hybridized carbons (Fsp3) is 0.333. The molecule has 148 valence electrons. The lowest BCUT2D eigenvalue weighted by Crippen LogP contribution is -2.52. The number of halogens is 1. The van der Waals surface area contributed by atoms with Gasteiger partial charge in [0.25, 0.3) is 10.0 Å². The first-order chi connectivity index (χ1) is 13.4. The number of carbonyl (C=O) groups excluding carboxylic acids is 1. The zero-order chi connectivity index (χ0) is 19.7. The van der Waals surface area contributed by atoms with E-state index < -0.39 is 10.0 Å². The Labute approximate surface area is 172 Å². The van der Waals surface area contributed by atoms with Gasteiger partial charge in [-0.3, -0.25) is 4.79 Å². The molecular formula is C18H19ClN4O3S2. The fourth-order valence-electron chi connectivity index (χ4n) is 3.25. The molecule has 1 saturated heterocycles. The van der Waals surface area contributed by atoms with Crippen LogP contribution in [0.3, 0.4) is 0 Å². The highest BCUT2D eigenvalue weighted by atomic mass is 35.5. The lowest BCUT2D eigenvalue weighted by atomic mass is 10.2. The van der Waals surface area contributed by atoms with E-state index >= 15 is 0 Å². The summed E-state index contributed by atoms with van der Waals surface area (Å²) in [5.41, 5.74) is 1.03. The summed E-state index contributed by atoms with van der Waals surface area (Å²) in [5, 5.41) is 1.40. The van der Waals surface area contributed by atoms with Crippen molar-refractivity contribution in [1.82, 2.24) is 19.2 Å². The standard InChI is InChI=1S/C18H19ClN4O3S2/c19-14-4-3-13-8-18(27-16(13)9-14)28(25,26)23-7-6-22(17(24)11-23)5-1-2-15-10-20-12-21-15/h3-4,8-10,12H,1-2,5-7,11H2,(H,20,21). The highest BCUT2D eigenvalue weighted by Crippen LogP contribution is 2.33. The fourth-order valence-corrected chi connectivity index (χ4v) is 6.46. The van der Waals surface area contributed by atoms with Gasteiger partial charge in [0.05, 0.1) is 12.9 Å². The highest BCUT2D eigenvalue weighted by molar-refractivity contribution is 7.91. The van der Waals surface area contributed by atoms with Crippen molar-refractivity contribution in [2.24, 2.45) is 0 Å². The lowest BCUT2D eigenvalue weighted by molar-refractivity contribution is -0.134. The van der Waals surface area contributed by atoms with E-state index in [4.69, 9.17) is 11.6 Å². The molecule has 0 aliphatic carbocycles. The van der Waals surface area contributed by atoms with Gasteiger partial charge in [-0.1, -0.05) is 17.7 Å². The Morgan fingerprint density at radius 1 is 1.25 bits per heavy atom. The van der Waals surface area contributed by atoms with Crippen LogP contribution in [0.2, 0.25) is 5.02 Å². The van der Waals surface area contributed by atoms with Gasteiger partial charge in [-0.15, -0.1) is 11.3 Å². The van der Waals surface area contributed by atoms with Crippen molar-refractivity contribution in [3.05, 3.63) is 47.5 Å². The van der Waals surface area contributed by atoms with Gasteiger partial charge in [-0.2, -0.15) is 4.31 Å². The van der Waals surface area contributed by atoms with Crippen LogP contribution >= 0.6 is 22.9 Å². The molecule has 10 heteroatoms. The molecule has 0 atom stereocenters. The van der Waals surface area contributed by atoms with Gasteiger partial charge in [0.2, 0.25) is 5.91 Å². The van der Waals surface area contributed by atoms with Crippen LogP contribution in [-0.4, -0.2) is 59.7 Å². The molecule has 0 unspecified atom stereocenters. The molecule has 3 aromatic rings.